The summed E-state index contributed by atoms with van der Waals surface area (Å²) in [5.41, 5.74) is 7.01. The van der Waals surface area contributed by atoms with Crippen LogP contribution in [0.25, 0.3) is 0 Å². The van der Waals surface area contributed by atoms with Crippen molar-refractivity contribution in [1.82, 2.24) is 0 Å². The van der Waals surface area contributed by atoms with E-state index in [9.17, 15) is 0 Å². The van der Waals surface area contributed by atoms with Crippen LogP contribution in [0.2, 0.25) is 5.02 Å². The van der Waals surface area contributed by atoms with Crippen LogP contribution in [-0.4, -0.2) is 7.11 Å². The molecule has 0 fully saturated rings. The summed E-state index contributed by atoms with van der Waals surface area (Å²) in [7, 11) is 1.61. The summed E-state index contributed by atoms with van der Waals surface area (Å²) in [5.74, 6) is 1.05. The van der Waals surface area contributed by atoms with E-state index in [2.05, 4.69) is 13.8 Å². The molecule has 2 nitrogen and oxygen atoms in total. The number of para-hydroxylation sites is 1. The summed E-state index contributed by atoms with van der Waals surface area (Å²) in [6, 6.07) is 5.61. The minimum Gasteiger partial charge on any atom is -0.495 e. The van der Waals surface area contributed by atoms with Gasteiger partial charge in [0, 0.05) is 11.6 Å². The summed E-state index contributed by atoms with van der Waals surface area (Å²) in [6.45, 7) is 4.15. The topological polar surface area (TPSA) is 35.2 Å². The predicted molar refractivity (Wildman–Crippen MR) is 59.8 cm³/mol. The average Bonchev–Trinajstić information content (AvgIpc) is 2.16. The van der Waals surface area contributed by atoms with Crippen LogP contribution in [0.3, 0.4) is 0 Å². The zero-order chi connectivity index (χ0) is 10.7. The van der Waals surface area contributed by atoms with Gasteiger partial charge in [-0.05, 0) is 12.0 Å². The SMILES string of the molecule is COc1c(Cl)cccc1C(N)C(C)C. The number of hydrogen-bond donors (Lipinski definition) is 1. The summed E-state index contributed by atoms with van der Waals surface area (Å²) in [6.07, 6.45) is 0. The van der Waals surface area contributed by atoms with E-state index in [1.807, 2.05) is 12.1 Å². The van der Waals surface area contributed by atoms with E-state index in [1.165, 1.54) is 0 Å². The van der Waals surface area contributed by atoms with E-state index in [4.69, 9.17) is 22.1 Å². The largest absolute Gasteiger partial charge is 0.495 e. The Morgan fingerprint density at radius 3 is 2.50 bits per heavy atom. The van der Waals surface area contributed by atoms with Gasteiger partial charge in [0.05, 0.1) is 12.1 Å². The molecule has 0 radical (unpaired) electrons. The molecule has 1 aromatic rings. The maximum Gasteiger partial charge on any atom is 0.142 e. The van der Waals surface area contributed by atoms with E-state index in [0.717, 1.165) is 5.56 Å². The van der Waals surface area contributed by atoms with Crippen molar-refractivity contribution in [2.24, 2.45) is 11.7 Å². The first kappa shape index (κ1) is 11.3. The van der Waals surface area contributed by atoms with Crippen LogP contribution in [-0.2, 0) is 0 Å². The van der Waals surface area contributed by atoms with Crippen molar-refractivity contribution in [3.63, 3.8) is 0 Å². The van der Waals surface area contributed by atoms with Crippen LogP contribution in [0.4, 0.5) is 0 Å². The normalized spacial score (nSPS) is 13.0. The van der Waals surface area contributed by atoms with Crippen molar-refractivity contribution in [3.8, 4) is 5.75 Å². The molecular weight excluding hydrogens is 198 g/mol. The van der Waals surface area contributed by atoms with Crippen LogP contribution >= 0.6 is 11.6 Å². The lowest BCUT2D eigenvalue weighted by Crippen LogP contribution is -2.17. The quantitative estimate of drug-likeness (QED) is 0.838. The molecule has 1 rings (SSSR count). The second-order valence-corrected chi connectivity index (χ2v) is 4.04. The van der Waals surface area contributed by atoms with Gasteiger partial charge in [0.15, 0.2) is 0 Å². The zero-order valence-electron chi connectivity index (χ0n) is 8.75. The molecule has 3 heteroatoms. The molecule has 0 saturated carbocycles. The Morgan fingerprint density at radius 2 is 2.00 bits per heavy atom. The second-order valence-electron chi connectivity index (χ2n) is 3.63. The van der Waals surface area contributed by atoms with Crippen molar-refractivity contribution in [1.29, 1.82) is 0 Å². The summed E-state index contributed by atoms with van der Waals surface area (Å²) in [4.78, 5) is 0. The van der Waals surface area contributed by atoms with Crippen LogP contribution in [0, 0.1) is 5.92 Å². The molecule has 0 bridgehead atoms. The lowest BCUT2D eigenvalue weighted by molar-refractivity contribution is 0.396. The van der Waals surface area contributed by atoms with Gasteiger partial charge in [-0.25, -0.2) is 0 Å². The molecule has 0 aliphatic carbocycles. The number of benzene rings is 1. The number of methoxy groups -OCH3 is 1. The fraction of sp³-hybridized carbons (Fsp3) is 0.455. The van der Waals surface area contributed by atoms with Gasteiger partial charge >= 0.3 is 0 Å². The Bertz CT molecular complexity index is 312. The molecule has 0 amide bonds. The van der Waals surface area contributed by atoms with Crippen LogP contribution < -0.4 is 10.5 Å². The van der Waals surface area contributed by atoms with Gasteiger partial charge in [-0.1, -0.05) is 37.6 Å². The highest BCUT2D eigenvalue weighted by Gasteiger charge is 2.16. The van der Waals surface area contributed by atoms with Gasteiger partial charge in [-0.2, -0.15) is 0 Å². The lowest BCUT2D eigenvalue weighted by atomic mass is 9.96. The molecule has 0 saturated heterocycles. The van der Waals surface area contributed by atoms with Crippen molar-refractivity contribution in [2.45, 2.75) is 19.9 Å². The van der Waals surface area contributed by atoms with Gasteiger partial charge in [0.1, 0.15) is 5.75 Å². The maximum absolute atomic E-state index is 6.04. The molecule has 14 heavy (non-hydrogen) atoms. The van der Waals surface area contributed by atoms with E-state index >= 15 is 0 Å². The van der Waals surface area contributed by atoms with Gasteiger partial charge < -0.3 is 10.5 Å². The molecule has 0 heterocycles. The van der Waals surface area contributed by atoms with Gasteiger partial charge in [0.2, 0.25) is 0 Å². The number of nitrogens with two attached hydrogens (primary N) is 1. The van der Waals surface area contributed by atoms with Crippen LogP contribution in [0.5, 0.6) is 5.75 Å². The smallest absolute Gasteiger partial charge is 0.142 e. The molecular formula is C11H16ClNO. The fourth-order valence-electron chi connectivity index (χ4n) is 1.36. The monoisotopic (exact) mass is 213 g/mol. The van der Waals surface area contributed by atoms with Crippen molar-refractivity contribution < 1.29 is 4.74 Å². The molecule has 1 unspecified atom stereocenters. The van der Waals surface area contributed by atoms with E-state index in [-0.39, 0.29) is 6.04 Å². The first-order valence-electron chi connectivity index (χ1n) is 4.66. The third kappa shape index (κ3) is 2.20. The van der Waals surface area contributed by atoms with Crippen molar-refractivity contribution in [2.75, 3.05) is 7.11 Å². The Hall–Kier alpha value is -0.730. The lowest BCUT2D eigenvalue weighted by Gasteiger charge is -2.19. The third-order valence-corrected chi connectivity index (χ3v) is 2.58. The van der Waals surface area contributed by atoms with Gasteiger partial charge in [-0.3, -0.25) is 0 Å². The third-order valence-electron chi connectivity index (χ3n) is 2.28. The molecule has 2 N–H and O–H groups in total. The first-order valence-corrected chi connectivity index (χ1v) is 5.03. The van der Waals surface area contributed by atoms with Crippen LogP contribution in [0.1, 0.15) is 25.5 Å². The van der Waals surface area contributed by atoms with Crippen molar-refractivity contribution in [3.05, 3.63) is 28.8 Å². The fourth-order valence-corrected chi connectivity index (χ4v) is 1.62. The number of ether oxygens (including phenoxy) is 1. The Kier molecular flexibility index (Phi) is 3.78. The maximum atomic E-state index is 6.04. The zero-order valence-corrected chi connectivity index (χ0v) is 9.51. The number of halogens is 1. The van der Waals surface area contributed by atoms with Gasteiger partial charge in [-0.15, -0.1) is 0 Å². The molecule has 78 valence electrons. The van der Waals surface area contributed by atoms with E-state index < -0.39 is 0 Å². The van der Waals surface area contributed by atoms with E-state index in [1.54, 1.807) is 13.2 Å². The van der Waals surface area contributed by atoms with E-state index in [0.29, 0.717) is 16.7 Å². The van der Waals surface area contributed by atoms with Crippen molar-refractivity contribution >= 4 is 11.6 Å². The van der Waals surface area contributed by atoms with Crippen LogP contribution in [0.15, 0.2) is 18.2 Å². The summed E-state index contributed by atoms with van der Waals surface area (Å²) in [5, 5.41) is 0.612. The second kappa shape index (κ2) is 4.67. The molecule has 0 aromatic heterocycles. The first-order chi connectivity index (χ1) is 6.57. The highest BCUT2D eigenvalue weighted by Crippen LogP contribution is 2.33. The number of rotatable bonds is 3. The highest BCUT2D eigenvalue weighted by molar-refractivity contribution is 6.32. The molecule has 0 aliphatic rings. The Balaban J connectivity index is 3.13. The molecule has 0 aliphatic heterocycles. The highest BCUT2D eigenvalue weighted by atomic mass is 35.5. The molecule has 1 aromatic carbocycles. The average molecular weight is 214 g/mol. The Morgan fingerprint density at radius 1 is 1.36 bits per heavy atom. The number of hydrogen-bond acceptors (Lipinski definition) is 2. The standard InChI is InChI=1S/C11H16ClNO/c1-7(2)10(13)8-5-4-6-9(12)11(8)14-3/h4-7,10H,13H2,1-3H3. The predicted octanol–water partition coefficient (Wildman–Crippen LogP) is 3.00. The minimum atomic E-state index is -0.0383. The van der Waals surface area contributed by atoms with Gasteiger partial charge in [0.25, 0.3) is 0 Å². The minimum absolute atomic E-state index is 0.0383. The summed E-state index contributed by atoms with van der Waals surface area (Å²) >= 11 is 6.00. The Labute approximate surface area is 90.0 Å². The summed E-state index contributed by atoms with van der Waals surface area (Å²) < 4.78 is 5.24. The molecule has 1 atom stereocenters. The molecule has 0 spiro atoms.